The van der Waals surface area contributed by atoms with Crippen molar-refractivity contribution in [1.82, 2.24) is 14.6 Å². The minimum Gasteiger partial charge on any atom is -0.492 e. The van der Waals surface area contributed by atoms with Gasteiger partial charge in [-0.05, 0) is 40.2 Å². The van der Waals surface area contributed by atoms with Crippen molar-refractivity contribution < 1.29 is 4.74 Å². The molecular weight excluding hydrogens is 334 g/mol. The third-order valence-electron chi connectivity index (χ3n) is 2.77. The van der Waals surface area contributed by atoms with Crippen LogP contribution in [-0.4, -0.2) is 27.7 Å². The quantitative estimate of drug-likeness (QED) is 0.741. The van der Waals surface area contributed by atoms with E-state index >= 15 is 0 Å². The summed E-state index contributed by atoms with van der Waals surface area (Å²) in [7, 11) is 0. The molecule has 7 heteroatoms. The molecule has 1 aromatic carbocycles. The zero-order chi connectivity index (χ0) is 14.7. The number of anilines is 2. The molecule has 21 heavy (non-hydrogen) atoms. The van der Waals surface area contributed by atoms with E-state index in [4.69, 9.17) is 10.5 Å². The molecule has 0 bridgehead atoms. The van der Waals surface area contributed by atoms with E-state index in [0.29, 0.717) is 19.1 Å². The minimum atomic E-state index is 0.487. The average molecular weight is 348 g/mol. The van der Waals surface area contributed by atoms with Crippen molar-refractivity contribution in [2.24, 2.45) is 5.73 Å². The normalized spacial score (nSPS) is 10.8. The van der Waals surface area contributed by atoms with Crippen molar-refractivity contribution in [3.8, 4) is 5.75 Å². The third-order valence-corrected chi connectivity index (χ3v) is 3.24. The van der Waals surface area contributed by atoms with Crippen LogP contribution in [0.3, 0.4) is 0 Å². The largest absolute Gasteiger partial charge is 0.492 e. The Kier molecular flexibility index (Phi) is 4.03. The molecule has 0 aliphatic rings. The van der Waals surface area contributed by atoms with Crippen molar-refractivity contribution in [3.63, 3.8) is 0 Å². The van der Waals surface area contributed by atoms with Crippen LogP contribution in [0, 0.1) is 0 Å². The number of pyridine rings is 1. The van der Waals surface area contributed by atoms with Gasteiger partial charge >= 0.3 is 0 Å². The number of hydrogen-bond donors (Lipinski definition) is 2. The van der Waals surface area contributed by atoms with Crippen LogP contribution in [0.5, 0.6) is 5.75 Å². The number of ether oxygens (including phenoxy) is 1. The second-order valence-corrected chi connectivity index (χ2v) is 5.29. The lowest BCUT2D eigenvalue weighted by atomic mass is 10.3. The van der Waals surface area contributed by atoms with Gasteiger partial charge in [0.1, 0.15) is 12.4 Å². The minimum absolute atomic E-state index is 0.487. The Morgan fingerprint density at radius 1 is 1.29 bits per heavy atom. The summed E-state index contributed by atoms with van der Waals surface area (Å²) in [5, 5.41) is 7.52. The van der Waals surface area contributed by atoms with Gasteiger partial charge in [-0.15, -0.1) is 5.10 Å². The molecule has 2 aromatic heterocycles. The number of hydrogen-bond acceptors (Lipinski definition) is 5. The zero-order valence-corrected chi connectivity index (χ0v) is 12.7. The zero-order valence-electron chi connectivity index (χ0n) is 11.2. The van der Waals surface area contributed by atoms with Gasteiger partial charge in [-0.3, -0.25) is 0 Å². The van der Waals surface area contributed by atoms with Gasteiger partial charge in [-0.1, -0.05) is 6.07 Å². The van der Waals surface area contributed by atoms with Crippen LogP contribution in [0.25, 0.3) is 5.65 Å². The fourth-order valence-corrected chi connectivity index (χ4v) is 2.21. The van der Waals surface area contributed by atoms with Gasteiger partial charge in [0.15, 0.2) is 5.65 Å². The predicted octanol–water partition coefficient (Wildman–Crippen LogP) is 2.57. The number of nitrogens with one attached hydrogen (secondary N) is 1. The summed E-state index contributed by atoms with van der Waals surface area (Å²) in [5.41, 5.74) is 7.06. The highest BCUT2D eigenvalue weighted by Gasteiger charge is 2.05. The Hall–Kier alpha value is -2.12. The molecule has 0 amide bonds. The van der Waals surface area contributed by atoms with Crippen molar-refractivity contribution in [2.45, 2.75) is 0 Å². The van der Waals surface area contributed by atoms with Gasteiger partial charge in [0.25, 0.3) is 0 Å². The van der Waals surface area contributed by atoms with Crippen molar-refractivity contribution in [2.75, 3.05) is 18.5 Å². The molecule has 0 aliphatic carbocycles. The second kappa shape index (κ2) is 6.11. The lowest BCUT2D eigenvalue weighted by Gasteiger charge is -2.06. The van der Waals surface area contributed by atoms with Gasteiger partial charge in [-0.25, -0.2) is 4.52 Å². The molecule has 0 aliphatic heterocycles. The molecule has 0 radical (unpaired) electrons. The maximum atomic E-state index is 5.49. The highest BCUT2D eigenvalue weighted by atomic mass is 79.9. The van der Waals surface area contributed by atoms with Crippen LogP contribution in [-0.2, 0) is 0 Å². The Morgan fingerprint density at radius 2 is 2.19 bits per heavy atom. The number of rotatable bonds is 5. The number of aromatic nitrogens is 3. The molecule has 0 fully saturated rings. The Morgan fingerprint density at radius 3 is 3.05 bits per heavy atom. The van der Waals surface area contributed by atoms with E-state index < -0.39 is 0 Å². The lowest BCUT2D eigenvalue weighted by molar-refractivity contribution is 0.328. The monoisotopic (exact) mass is 347 g/mol. The van der Waals surface area contributed by atoms with E-state index in [1.807, 2.05) is 42.6 Å². The molecule has 2 heterocycles. The molecule has 3 aromatic rings. The van der Waals surface area contributed by atoms with Crippen LogP contribution >= 0.6 is 15.9 Å². The second-order valence-electron chi connectivity index (χ2n) is 4.38. The molecule has 3 rings (SSSR count). The highest BCUT2D eigenvalue weighted by molar-refractivity contribution is 9.10. The molecule has 0 spiro atoms. The van der Waals surface area contributed by atoms with E-state index in [-0.39, 0.29) is 0 Å². The van der Waals surface area contributed by atoms with E-state index in [1.165, 1.54) is 0 Å². The molecule has 6 nitrogen and oxygen atoms in total. The van der Waals surface area contributed by atoms with Gasteiger partial charge < -0.3 is 15.8 Å². The standard InChI is InChI=1S/C14H14BrN5O/c15-10-4-5-13-18-14(19-20(13)9-10)17-11-2-1-3-12(8-11)21-7-6-16/h1-5,8-9H,6-7,16H2,(H,17,19). The van der Waals surface area contributed by atoms with E-state index in [9.17, 15) is 0 Å². The maximum Gasteiger partial charge on any atom is 0.247 e. The van der Waals surface area contributed by atoms with Crippen molar-refractivity contribution >= 4 is 33.2 Å². The first-order valence-electron chi connectivity index (χ1n) is 6.46. The van der Waals surface area contributed by atoms with Crippen LogP contribution in [0.2, 0.25) is 0 Å². The number of halogens is 1. The third kappa shape index (κ3) is 3.32. The summed E-state index contributed by atoms with van der Waals surface area (Å²) < 4.78 is 8.15. The summed E-state index contributed by atoms with van der Waals surface area (Å²) in [6.45, 7) is 0.977. The molecule has 108 valence electrons. The molecular formula is C14H14BrN5O. The van der Waals surface area contributed by atoms with E-state index in [2.05, 4.69) is 31.3 Å². The van der Waals surface area contributed by atoms with Crippen LogP contribution in [0.1, 0.15) is 0 Å². The SMILES string of the molecule is NCCOc1cccc(Nc2nc3ccc(Br)cn3n2)c1. The molecule has 0 saturated heterocycles. The molecule has 3 N–H and O–H groups in total. The summed E-state index contributed by atoms with van der Waals surface area (Å²) in [4.78, 5) is 4.40. The Bertz CT molecular complexity index is 758. The maximum absolute atomic E-state index is 5.49. The van der Waals surface area contributed by atoms with Crippen LogP contribution in [0.4, 0.5) is 11.6 Å². The summed E-state index contributed by atoms with van der Waals surface area (Å²) in [6.07, 6.45) is 1.86. The summed E-state index contributed by atoms with van der Waals surface area (Å²) in [6, 6.07) is 11.4. The van der Waals surface area contributed by atoms with E-state index in [0.717, 1.165) is 21.6 Å². The smallest absolute Gasteiger partial charge is 0.247 e. The van der Waals surface area contributed by atoms with Crippen LogP contribution < -0.4 is 15.8 Å². The predicted molar refractivity (Wildman–Crippen MR) is 85.0 cm³/mol. The summed E-state index contributed by atoms with van der Waals surface area (Å²) >= 11 is 3.41. The molecule has 0 unspecified atom stereocenters. The molecule has 0 saturated carbocycles. The van der Waals surface area contributed by atoms with E-state index in [1.54, 1.807) is 4.52 Å². The van der Waals surface area contributed by atoms with Gasteiger partial charge in [0.05, 0.1) is 0 Å². The lowest BCUT2D eigenvalue weighted by Crippen LogP contribution is -2.10. The fourth-order valence-electron chi connectivity index (χ4n) is 1.88. The van der Waals surface area contributed by atoms with Gasteiger partial charge in [0, 0.05) is 29.0 Å². The number of benzene rings is 1. The molecule has 0 atom stereocenters. The topological polar surface area (TPSA) is 77.5 Å². The first-order chi connectivity index (χ1) is 10.2. The first-order valence-corrected chi connectivity index (χ1v) is 7.26. The number of nitrogens with zero attached hydrogens (tertiary/aromatic N) is 3. The Labute approximate surface area is 130 Å². The van der Waals surface area contributed by atoms with Gasteiger partial charge in [0.2, 0.25) is 5.95 Å². The van der Waals surface area contributed by atoms with Crippen molar-refractivity contribution in [1.29, 1.82) is 0 Å². The number of fused-ring (bicyclic) bond motifs is 1. The van der Waals surface area contributed by atoms with Crippen LogP contribution in [0.15, 0.2) is 47.1 Å². The number of nitrogens with two attached hydrogens (primary N) is 1. The summed E-state index contributed by atoms with van der Waals surface area (Å²) in [5.74, 6) is 1.29. The first kappa shape index (κ1) is 13.8. The van der Waals surface area contributed by atoms with Gasteiger partial charge in [-0.2, -0.15) is 4.98 Å². The van der Waals surface area contributed by atoms with Crippen molar-refractivity contribution in [3.05, 3.63) is 47.1 Å². The fraction of sp³-hybridized carbons (Fsp3) is 0.143. The average Bonchev–Trinajstić information content (AvgIpc) is 2.86. The highest BCUT2D eigenvalue weighted by Crippen LogP contribution is 2.20. The Balaban J connectivity index is 1.81.